The van der Waals surface area contributed by atoms with Crippen LogP contribution in [0.5, 0.6) is 0 Å². The minimum Gasteiger partial charge on any atom is -0.373 e. The first-order chi connectivity index (χ1) is 15.5. The number of unbranched alkanes of at least 4 members (excludes halogenated alkanes) is 1. The summed E-state index contributed by atoms with van der Waals surface area (Å²) in [5.41, 5.74) is 4.82. The Morgan fingerprint density at radius 2 is 1.88 bits per heavy atom. The van der Waals surface area contributed by atoms with E-state index in [1.165, 1.54) is 24.3 Å². The third-order valence-electron chi connectivity index (χ3n) is 5.77. The molecule has 0 bridgehead atoms. The number of halogens is 5. The molecule has 0 aromatic heterocycles. The molecule has 1 amide bonds. The van der Waals surface area contributed by atoms with Crippen molar-refractivity contribution in [3.05, 3.63) is 68.2 Å². The van der Waals surface area contributed by atoms with Crippen LogP contribution in [0.15, 0.2) is 35.5 Å². The highest BCUT2D eigenvalue weighted by Crippen LogP contribution is 2.53. The molecule has 178 valence electrons. The van der Waals surface area contributed by atoms with Gasteiger partial charge in [0.1, 0.15) is 11.0 Å². The maximum Gasteiger partial charge on any atom is 0.436 e. The number of carbonyl (C=O) groups is 1. The van der Waals surface area contributed by atoms with E-state index in [1.54, 1.807) is 19.2 Å². The van der Waals surface area contributed by atoms with Crippen molar-refractivity contribution in [2.24, 2.45) is 10.9 Å². The number of rotatable bonds is 7. The van der Waals surface area contributed by atoms with Crippen LogP contribution in [-0.4, -0.2) is 29.3 Å². The maximum atomic E-state index is 14.7. The summed E-state index contributed by atoms with van der Waals surface area (Å²) in [6, 6.07) is 6.87. The summed E-state index contributed by atoms with van der Waals surface area (Å²) in [7, 11) is 0. The zero-order valence-electron chi connectivity index (χ0n) is 18.2. The molecule has 4 nitrogen and oxygen atoms in total. The smallest absolute Gasteiger partial charge is 0.373 e. The highest BCUT2D eigenvalue weighted by atomic mass is 35.5. The number of hydrogen-bond donors (Lipinski definition) is 1. The summed E-state index contributed by atoms with van der Waals surface area (Å²) in [6.07, 6.45) is -1.06. The van der Waals surface area contributed by atoms with Crippen LogP contribution in [0.4, 0.5) is 13.2 Å². The van der Waals surface area contributed by atoms with Crippen molar-refractivity contribution in [3.8, 4) is 0 Å². The Balaban J connectivity index is 2.22. The summed E-state index contributed by atoms with van der Waals surface area (Å²) < 4.78 is 44.1. The predicted molar refractivity (Wildman–Crippen MR) is 127 cm³/mol. The van der Waals surface area contributed by atoms with Gasteiger partial charge in [0.05, 0.1) is 0 Å². The second-order valence-electron chi connectivity index (χ2n) is 7.81. The van der Waals surface area contributed by atoms with E-state index in [0.29, 0.717) is 23.1 Å². The molecule has 0 radical (unpaired) electrons. The molecule has 0 saturated heterocycles. The SMILES string of the molecule is CCCCc1c(C2=NOC(c3cc(Cl)cc(Cl)c3)(C(F)(F)F)C2SC)ccc(C(N)=O)c1C. The highest BCUT2D eigenvalue weighted by Gasteiger charge is 2.68. The van der Waals surface area contributed by atoms with Gasteiger partial charge in [-0.05, 0) is 61.4 Å². The molecule has 10 heteroatoms. The van der Waals surface area contributed by atoms with Crippen LogP contribution in [0, 0.1) is 6.92 Å². The van der Waals surface area contributed by atoms with Gasteiger partial charge < -0.3 is 10.6 Å². The van der Waals surface area contributed by atoms with Crippen molar-refractivity contribution in [1.29, 1.82) is 0 Å². The first kappa shape index (κ1) is 25.7. The second-order valence-corrected chi connectivity index (χ2v) is 9.62. The molecule has 0 spiro atoms. The number of thioether (sulfide) groups is 1. The Hall–Kier alpha value is -1.90. The summed E-state index contributed by atoms with van der Waals surface area (Å²) >= 11 is 13.1. The molecule has 33 heavy (non-hydrogen) atoms. The van der Waals surface area contributed by atoms with E-state index in [-0.39, 0.29) is 21.3 Å². The van der Waals surface area contributed by atoms with Crippen molar-refractivity contribution in [1.82, 2.24) is 0 Å². The molecule has 1 heterocycles. The number of amides is 1. The molecule has 1 aliphatic heterocycles. The molecular formula is C23H23Cl2F3N2O2S. The highest BCUT2D eigenvalue weighted by molar-refractivity contribution is 8.00. The first-order valence-corrected chi connectivity index (χ1v) is 12.3. The lowest BCUT2D eigenvalue weighted by Crippen LogP contribution is -2.51. The summed E-state index contributed by atoms with van der Waals surface area (Å²) in [5, 5.41) is 2.84. The number of oxime groups is 1. The average Bonchev–Trinajstić information content (AvgIpc) is 3.12. The molecule has 2 atom stereocenters. The van der Waals surface area contributed by atoms with Crippen molar-refractivity contribution in [3.63, 3.8) is 0 Å². The fourth-order valence-corrected chi connectivity index (χ4v) is 5.72. The van der Waals surface area contributed by atoms with E-state index < -0.39 is 22.9 Å². The van der Waals surface area contributed by atoms with Crippen LogP contribution < -0.4 is 5.73 Å². The summed E-state index contributed by atoms with van der Waals surface area (Å²) in [4.78, 5) is 17.2. The van der Waals surface area contributed by atoms with Crippen LogP contribution in [0.3, 0.4) is 0 Å². The van der Waals surface area contributed by atoms with Gasteiger partial charge in [0.15, 0.2) is 0 Å². The zero-order valence-corrected chi connectivity index (χ0v) is 20.6. The fourth-order valence-electron chi connectivity index (χ4n) is 4.15. The fraction of sp³-hybridized carbons (Fsp3) is 0.391. The largest absolute Gasteiger partial charge is 0.436 e. The van der Waals surface area contributed by atoms with Crippen molar-refractivity contribution >= 4 is 46.6 Å². The van der Waals surface area contributed by atoms with Gasteiger partial charge in [-0.25, -0.2) is 0 Å². The number of alkyl halides is 3. The third kappa shape index (κ3) is 4.57. The Kier molecular flexibility index (Phi) is 7.61. The molecule has 0 fully saturated rings. The standard InChI is InChI=1S/C23H23Cl2F3N2O2S/c1-4-5-6-16-12(2)17(21(29)31)7-8-18(16)19-20(33-3)22(32-30-19,23(26,27)28)13-9-14(24)11-15(25)10-13/h7-11,20H,4-6H2,1-3H3,(H2,29,31). The molecule has 2 unspecified atom stereocenters. The zero-order chi connectivity index (χ0) is 24.6. The lowest BCUT2D eigenvalue weighted by atomic mass is 9.83. The Bertz CT molecular complexity index is 1090. The van der Waals surface area contributed by atoms with Gasteiger partial charge in [-0.15, -0.1) is 0 Å². The van der Waals surface area contributed by atoms with E-state index in [0.717, 1.165) is 30.2 Å². The molecule has 1 aliphatic rings. The number of primary amides is 1. The van der Waals surface area contributed by atoms with Crippen LogP contribution >= 0.6 is 35.0 Å². The minimum atomic E-state index is -4.83. The van der Waals surface area contributed by atoms with Crippen molar-refractivity contribution < 1.29 is 22.8 Å². The topological polar surface area (TPSA) is 64.7 Å². The lowest BCUT2D eigenvalue weighted by molar-refractivity contribution is -0.273. The Labute approximate surface area is 204 Å². The van der Waals surface area contributed by atoms with Gasteiger partial charge >= 0.3 is 6.18 Å². The lowest BCUT2D eigenvalue weighted by Gasteiger charge is -2.35. The quantitative estimate of drug-likeness (QED) is 0.445. The molecule has 0 saturated carbocycles. The molecule has 2 aromatic carbocycles. The predicted octanol–water partition coefficient (Wildman–Crippen LogP) is 6.67. The van der Waals surface area contributed by atoms with E-state index in [1.807, 2.05) is 6.92 Å². The van der Waals surface area contributed by atoms with Crippen LogP contribution in [0.2, 0.25) is 10.0 Å². The van der Waals surface area contributed by atoms with Crippen molar-refractivity contribution in [2.75, 3.05) is 6.26 Å². The molecule has 3 rings (SSSR count). The van der Waals surface area contributed by atoms with Crippen LogP contribution in [-0.2, 0) is 16.9 Å². The van der Waals surface area contributed by atoms with Crippen LogP contribution in [0.1, 0.15) is 52.4 Å². The maximum absolute atomic E-state index is 14.7. The van der Waals surface area contributed by atoms with Crippen molar-refractivity contribution in [2.45, 2.75) is 50.1 Å². The number of hydrogen-bond acceptors (Lipinski definition) is 4. The normalized spacial score (nSPS) is 20.5. The average molecular weight is 519 g/mol. The van der Waals surface area contributed by atoms with Gasteiger partial charge in [0.25, 0.3) is 5.60 Å². The number of nitrogens with zero attached hydrogens (tertiary/aromatic N) is 1. The number of nitrogens with two attached hydrogens (primary N) is 1. The van der Waals surface area contributed by atoms with Gasteiger partial charge in [-0.2, -0.15) is 24.9 Å². The van der Waals surface area contributed by atoms with E-state index in [4.69, 9.17) is 33.8 Å². The van der Waals surface area contributed by atoms with Gasteiger partial charge in [-0.1, -0.05) is 47.8 Å². The second kappa shape index (κ2) is 9.76. The molecule has 2 N–H and O–H groups in total. The van der Waals surface area contributed by atoms with Gasteiger partial charge in [-0.3, -0.25) is 4.79 Å². The summed E-state index contributed by atoms with van der Waals surface area (Å²) in [6.45, 7) is 3.75. The minimum absolute atomic E-state index is 0.0586. The van der Waals surface area contributed by atoms with Crippen LogP contribution in [0.25, 0.3) is 0 Å². The van der Waals surface area contributed by atoms with Gasteiger partial charge in [0, 0.05) is 26.7 Å². The van der Waals surface area contributed by atoms with E-state index in [9.17, 15) is 18.0 Å². The Morgan fingerprint density at radius 3 is 2.39 bits per heavy atom. The monoisotopic (exact) mass is 518 g/mol. The van der Waals surface area contributed by atoms with E-state index in [2.05, 4.69) is 5.16 Å². The van der Waals surface area contributed by atoms with E-state index >= 15 is 0 Å². The number of benzene rings is 2. The van der Waals surface area contributed by atoms with Gasteiger partial charge in [0.2, 0.25) is 5.91 Å². The molecule has 2 aromatic rings. The Morgan fingerprint density at radius 1 is 1.24 bits per heavy atom. The number of carbonyl (C=O) groups excluding carboxylic acids is 1. The first-order valence-electron chi connectivity index (χ1n) is 10.2. The molecular weight excluding hydrogens is 496 g/mol. The summed E-state index contributed by atoms with van der Waals surface area (Å²) in [5.74, 6) is -0.596. The third-order valence-corrected chi connectivity index (χ3v) is 7.24. The molecule has 0 aliphatic carbocycles.